The molecule has 6 aromatic rings. The van der Waals surface area contributed by atoms with Crippen molar-refractivity contribution in [3.8, 4) is 44.5 Å². The molecule has 0 N–H and O–H groups in total. The molecule has 0 radical (unpaired) electrons. The van der Waals surface area contributed by atoms with Crippen LogP contribution in [0, 0.1) is 3.57 Å². The fourth-order valence-corrected chi connectivity index (χ4v) is 5.54. The summed E-state index contributed by atoms with van der Waals surface area (Å²) in [6.07, 6.45) is -3.82. The highest BCUT2D eigenvalue weighted by molar-refractivity contribution is 14.1. The second-order valence-corrected chi connectivity index (χ2v) is 11.5. The van der Waals surface area contributed by atoms with Crippen LogP contribution >= 0.6 is 22.6 Å². The van der Waals surface area contributed by atoms with E-state index in [9.17, 15) is 13.2 Å². The summed E-state index contributed by atoms with van der Waals surface area (Å²) in [6.45, 7) is 1.87. The smallest absolute Gasteiger partial charge is 0.166 e. The van der Waals surface area contributed by atoms with Crippen LogP contribution in [0.2, 0.25) is 0 Å². The zero-order valence-corrected chi connectivity index (χ0v) is 24.5. The molecule has 202 valence electrons. The predicted octanol–water partition coefficient (Wildman–Crippen LogP) is 11.7. The lowest BCUT2D eigenvalue weighted by molar-refractivity contribution is -0.137. The number of halogens is 4. The Balaban J connectivity index is 1.24. The molecule has 0 aliphatic carbocycles. The van der Waals surface area contributed by atoms with Gasteiger partial charge in [-0.2, -0.15) is 13.2 Å². The summed E-state index contributed by atoms with van der Waals surface area (Å²) in [4.78, 5) is 0. The lowest BCUT2D eigenvalue weighted by Crippen LogP contribution is -2.06. The Morgan fingerprint density at radius 2 is 0.854 bits per heavy atom. The van der Waals surface area contributed by atoms with E-state index in [-0.39, 0.29) is 0 Å². The van der Waals surface area contributed by atoms with E-state index in [0.717, 1.165) is 33.0 Å². The molecule has 0 spiro atoms. The average Bonchev–Trinajstić information content (AvgIpc) is 3.00. The SMILES string of the molecule is CCc1cc(-c2ccc(-c3ccc4cc(-c5ccc(-c6ccc(I)cc6)cc5)ccc4c3)cc2)cc(C(F)(F)F)c1. The highest BCUT2D eigenvalue weighted by Crippen LogP contribution is 2.35. The molecule has 0 amide bonds. The Morgan fingerprint density at radius 1 is 0.463 bits per heavy atom. The zero-order chi connectivity index (χ0) is 28.6. The molecule has 0 nitrogen and oxygen atoms in total. The zero-order valence-electron chi connectivity index (χ0n) is 22.3. The van der Waals surface area contributed by atoms with Crippen molar-refractivity contribution in [3.05, 3.63) is 142 Å². The number of alkyl halides is 3. The molecule has 0 fully saturated rings. The number of hydrogen-bond donors (Lipinski definition) is 0. The van der Waals surface area contributed by atoms with Gasteiger partial charge in [0.25, 0.3) is 0 Å². The van der Waals surface area contributed by atoms with Crippen LogP contribution in [0.5, 0.6) is 0 Å². The maximum atomic E-state index is 13.4. The molecule has 0 bridgehead atoms. The van der Waals surface area contributed by atoms with Gasteiger partial charge in [0, 0.05) is 3.57 Å². The molecular formula is C37H26F3I. The largest absolute Gasteiger partial charge is 0.416 e. The number of fused-ring (bicyclic) bond motifs is 1. The summed E-state index contributed by atoms with van der Waals surface area (Å²) in [7, 11) is 0. The van der Waals surface area contributed by atoms with E-state index < -0.39 is 11.7 Å². The van der Waals surface area contributed by atoms with E-state index >= 15 is 0 Å². The molecule has 4 heteroatoms. The molecule has 0 aliphatic rings. The van der Waals surface area contributed by atoms with E-state index in [1.165, 1.54) is 32.4 Å². The molecule has 6 aromatic carbocycles. The van der Waals surface area contributed by atoms with E-state index in [4.69, 9.17) is 0 Å². The summed E-state index contributed by atoms with van der Waals surface area (Å²) in [6, 6.07) is 42.1. The van der Waals surface area contributed by atoms with Crippen LogP contribution < -0.4 is 0 Å². The Morgan fingerprint density at radius 3 is 1.29 bits per heavy atom. The van der Waals surface area contributed by atoms with Gasteiger partial charge in [-0.15, -0.1) is 0 Å². The standard InChI is InChI=1S/C37H26F3I/c1-2-24-19-34(23-35(20-24)37(38,39)40)29-9-7-28(8-10-29)31-12-14-32-21-30(11-13-33(32)22-31)27-5-3-25(4-6-27)26-15-17-36(41)18-16-26/h3-23H,2H2,1H3. The second kappa shape index (κ2) is 11.2. The first-order chi connectivity index (χ1) is 19.8. The highest BCUT2D eigenvalue weighted by Gasteiger charge is 2.31. The van der Waals surface area contributed by atoms with Crippen LogP contribution in [0.25, 0.3) is 55.3 Å². The van der Waals surface area contributed by atoms with Gasteiger partial charge >= 0.3 is 6.18 Å². The minimum atomic E-state index is -4.37. The third kappa shape index (κ3) is 5.94. The van der Waals surface area contributed by atoms with E-state index in [2.05, 4.69) is 108 Å². The van der Waals surface area contributed by atoms with Gasteiger partial charge in [-0.3, -0.25) is 0 Å². The normalized spacial score (nSPS) is 11.6. The van der Waals surface area contributed by atoms with Gasteiger partial charge in [0.2, 0.25) is 0 Å². The first-order valence-electron chi connectivity index (χ1n) is 13.5. The minimum Gasteiger partial charge on any atom is -0.166 e. The second-order valence-electron chi connectivity index (χ2n) is 10.2. The third-order valence-electron chi connectivity index (χ3n) is 7.52. The van der Waals surface area contributed by atoms with E-state index in [0.29, 0.717) is 17.5 Å². The number of aryl methyl sites for hydroxylation is 1. The fourth-order valence-electron chi connectivity index (χ4n) is 5.18. The summed E-state index contributed by atoms with van der Waals surface area (Å²) < 4.78 is 41.5. The van der Waals surface area contributed by atoms with Crippen LogP contribution in [0.3, 0.4) is 0 Å². The Labute approximate surface area is 251 Å². The molecule has 0 heterocycles. The minimum absolute atomic E-state index is 0.548. The van der Waals surface area contributed by atoms with E-state index in [1.807, 2.05) is 37.3 Å². The number of rotatable bonds is 5. The fraction of sp³-hybridized carbons (Fsp3) is 0.0811. The summed E-state index contributed by atoms with van der Waals surface area (Å²) in [5.74, 6) is 0. The van der Waals surface area contributed by atoms with Crippen molar-refractivity contribution in [2.75, 3.05) is 0 Å². The Hall–Kier alpha value is -3.90. The van der Waals surface area contributed by atoms with Crippen molar-refractivity contribution in [2.24, 2.45) is 0 Å². The van der Waals surface area contributed by atoms with Crippen LogP contribution in [0.4, 0.5) is 13.2 Å². The van der Waals surface area contributed by atoms with Crippen LogP contribution in [0.15, 0.2) is 127 Å². The van der Waals surface area contributed by atoms with Crippen molar-refractivity contribution in [1.29, 1.82) is 0 Å². The molecule has 0 unspecified atom stereocenters. The van der Waals surface area contributed by atoms with Gasteiger partial charge in [-0.25, -0.2) is 0 Å². The maximum Gasteiger partial charge on any atom is 0.416 e. The molecule has 0 saturated heterocycles. The average molecular weight is 655 g/mol. The molecule has 0 atom stereocenters. The molecule has 41 heavy (non-hydrogen) atoms. The van der Waals surface area contributed by atoms with Gasteiger partial charge in [0.1, 0.15) is 0 Å². The van der Waals surface area contributed by atoms with Crippen LogP contribution in [-0.4, -0.2) is 0 Å². The lowest BCUT2D eigenvalue weighted by atomic mass is 9.95. The topological polar surface area (TPSA) is 0 Å². The quantitative estimate of drug-likeness (QED) is 0.162. The van der Waals surface area contributed by atoms with Gasteiger partial charge in [-0.1, -0.05) is 97.9 Å². The molecule has 6 rings (SSSR count). The monoisotopic (exact) mass is 654 g/mol. The molecule has 0 saturated carbocycles. The highest BCUT2D eigenvalue weighted by atomic mass is 127. The molecular weight excluding hydrogens is 628 g/mol. The lowest BCUT2D eigenvalue weighted by Gasteiger charge is -2.12. The van der Waals surface area contributed by atoms with Gasteiger partial charge in [-0.05, 0) is 126 Å². The van der Waals surface area contributed by atoms with Crippen molar-refractivity contribution in [3.63, 3.8) is 0 Å². The van der Waals surface area contributed by atoms with E-state index in [1.54, 1.807) is 0 Å². The van der Waals surface area contributed by atoms with Gasteiger partial charge in [0.05, 0.1) is 5.56 Å². The number of benzene rings is 6. The number of hydrogen-bond acceptors (Lipinski definition) is 0. The molecule has 0 aromatic heterocycles. The van der Waals surface area contributed by atoms with Crippen molar-refractivity contribution in [1.82, 2.24) is 0 Å². The summed E-state index contributed by atoms with van der Waals surface area (Å²) in [5.41, 5.74) is 8.25. The van der Waals surface area contributed by atoms with Crippen molar-refractivity contribution >= 4 is 33.4 Å². The van der Waals surface area contributed by atoms with Crippen molar-refractivity contribution < 1.29 is 13.2 Å². The Bertz CT molecular complexity index is 1830. The first-order valence-corrected chi connectivity index (χ1v) is 14.6. The maximum absolute atomic E-state index is 13.4. The van der Waals surface area contributed by atoms with Crippen molar-refractivity contribution in [2.45, 2.75) is 19.5 Å². The third-order valence-corrected chi connectivity index (χ3v) is 8.24. The van der Waals surface area contributed by atoms with Gasteiger partial charge in [0.15, 0.2) is 0 Å². The first kappa shape index (κ1) is 27.3. The predicted molar refractivity (Wildman–Crippen MR) is 173 cm³/mol. The summed E-state index contributed by atoms with van der Waals surface area (Å²) in [5, 5.41) is 2.29. The summed E-state index contributed by atoms with van der Waals surface area (Å²) >= 11 is 2.32. The van der Waals surface area contributed by atoms with Gasteiger partial charge < -0.3 is 0 Å². The Kier molecular flexibility index (Phi) is 7.43. The van der Waals surface area contributed by atoms with Crippen LogP contribution in [0.1, 0.15) is 18.1 Å². The van der Waals surface area contributed by atoms with Crippen LogP contribution in [-0.2, 0) is 12.6 Å². The molecule has 0 aliphatic heterocycles.